The molecule has 5 nitrogen and oxygen atoms in total. The van der Waals surface area contributed by atoms with E-state index in [1.165, 1.54) is 11.3 Å². The molecule has 1 amide bonds. The van der Waals surface area contributed by atoms with E-state index in [-0.39, 0.29) is 12.3 Å². The van der Waals surface area contributed by atoms with E-state index < -0.39 is 0 Å². The Balaban J connectivity index is 1.57. The summed E-state index contributed by atoms with van der Waals surface area (Å²) in [4.78, 5) is 16.6. The Morgan fingerprint density at radius 3 is 2.83 bits per heavy atom. The third kappa shape index (κ3) is 3.78. The van der Waals surface area contributed by atoms with Gasteiger partial charge < -0.3 is 14.6 Å². The molecular formula is C17H17N3O2S. The number of nitrogens with one attached hydrogen (secondary N) is 1. The van der Waals surface area contributed by atoms with Gasteiger partial charge in [0.1, 0.15) is 5.75 Å². The number of ether oxygens (including phenoxy) is 1. The number of thiazole rings is 1. The van der Waals surface area contributed by atoms with Gasteiger partial charge in [-0.2, -0.15) is 0 Å². The Hall–Kier alpha value is -2.60. The number of amides is 1. The van der Waals surface area contributed by atoms with Crippen LogP contribution in [0.15, 0.2) is 54.2 Å². The Bertz CT molecular complexity index is 781. The quantitative estimate of drug-likeness (QED) is 0.757. The predicted molar refractivity (Wildman–Crippen MR) is 90.0 cm³/mol. The van der Waals surface area contributed by atoms with Crippen molar-refractivity contribution < 1.29 is 9.53 Å². The van der Waals surface area contributed by atoms with E-state index in [1.54, 1.807) is 7.11 Å². The lowest BCUT2D eigenvalue weighted by Gasteiger charge is -2.09. The average molecular weight is 327 g/mol. The highest BCUT2D eigenvalue weighted by Gasteiger charge is 2.09. The van der Waals surface area contributed by atoms with Crippen molar-refractivity contribution in [2.75, 3.05) is 7.11 Å². The molecule has 0 bridgehead atoms. The molecule has 2 aromatic heterocycles. The van der Waals surface area contributed by atoms with Crippen LogP contribution in [0, 0.1) is 0 Å². The molecule has 0 aliphatic heterocycles. The third-order valence-electron chi connectivity index (χ3n) is 3.38. The second-order valence-corrected chi connectivity index (χ2v) is 5.81. The molecule has 0 fully saturated rings. The van der Waals surface area contributed by atoms with Gasteiger partial charge in [0.2, 0.25) is 5.91 Å². The van der Waals surface area contributed by atoms with Crippen molar-refractivity contribution in [1.29, 1.82) is 0 Å². The Morgan fingerprint density at radius 2 is 2.04 bits per heavy atom. The Labute approximate surface area is 138 Å². The third-order valence-corrected chi connectivity index (χ3v) is 4.28. The first-order valence-electron chi connectivity index (χ1n) is 7.22. The second-order valence-electron chi connectivity index (χ2n) is 4.98. The SMILES string of the molecule is COc1ccccc1CNC(=O)Cc1csc(-n2cccc2)n1. The maximum absolute atomic E-state index is 12.1. The zero-order chi connectivity index (χ0) is 16.1. The summed E-state index contributed by atoms with van der Waals surface area (Å²) in [6, 6.07) is 11.5. The fraction of sp³-hybridized carbons (Fsp3) is 0.176. The molecule has 0 spiro atoms. The number of aromatic nitrogens is 2. The number of nitrogens with zero attached hydrogens (tertiary/aromatic N) is 2. The molecule has 0 aliphatic carbocycles. The highest BCUT2D eigenvalue weighted by atomic mass is 32.1. The summed E-state index contributed by atoms with van der Waals surface area (Å²) >= 11 is 1.52. The maximum Gasteiger partial charge on any atom is 0.226 e. The standard InChI is InChI=1S/C17H17N3O2S/c1-22-15-7-3-2-6-13(15)11-18-16(21)10-14-12-23-17(19-14)20-8-4-5-9-20/h2-9,12H,10-11H2,1H3,(H,18,21). The van der Waals surface area contributed by atoms with Crippen LogP contribution < -0.4 is 10.1 Å². The molecule has 23 heavy (non-hydrogen) atoms. The number of carbonyl (C=O) groups excluding carboxylic acids is 1. The van der Waals surface area contributed by atoms with Gasteiger partial charge in [-0.3, -0.25) is 4.79 Å². The molecular weight excluding hydrogens is 310 g/mol. The summed E-state index contributed by atoms with van der Waals surface area (Å²) in [5.74, 6) is 0.719. The minimum atomic E-state index is -0.0553. The van der Waals surface area contributed by atoms with Gasteiger partial charge in [-0.25, -0.2) is 4.98 Å². The predicted octanol–water partition coefficient (Wildman–Crippen LogP) is 2.80. The lowest BCUT2D eigenvalue weighted by molar-refractivity contribution is -0.120. The molecule has 2 heterocycles. The minimum absolute atomic E-state index is 0.0553. The molecule has 3 aromatic rings. The molecule has 0 atom stereocenters. The molecule has 0 unspecified atom stereocenters. The van der Waals surface area contributed by atoms with Crippen LogP contribution in [0.5, 0.6) is 5.75 Å². The first-order valence-corrected chi connectivity index (χ1v) is 8.10. The molecule has 0 aliphatic rings. The first-order chi connectivity index (χ1) is 11.3. The van der Waals surface area contributed by atoms with Crippen molar-refractivity contribution in [3.05, 3.63) is 65.4 Å². The smallest absolute Gasteiger partial charge is 0.226 e. The van der Waals surface area contributed by atoms with Gasteiger partial charge in [0.05, 0.1) is 19.2 Å². The fourth-order valence-electron chi connectivity index (χ4n) is 2.23. The van der Waals surface area contributed by atoms with E-state index in [4.69, 9.17) is 4.74 Å². The van der Waals surface area contributed by atoms with Crippen LogP contribution in [0.1, 0.15) is 11.3 Å². The van der Waals surface area contributed by atoms with Crippen LogP contribution >= 0.6 is 11.3 Å². The zero-order valence-corrected chi connectivity index (χ0v) is 13.5. The molecule has 1 N–H and O–H groups in total. The van der Waals surface area contributed by atoms with Gasteiger partial charge in [-0.15, -0.1) is 11.3 Å². The van der Waals surface area contributed by atoms with Crippen LogP contribution in [0.4, 0.5) is 0 Å². The van der Waals surface area contributed by atoms with E-state index in [2.05, 4.69) is 10.3 Å². The van der Waals surface area contributed by atoms with Gasteiger partial charge in [0, 0.05) is 29.9 Å². The van der Waals surface area contributed by atoms with E-state index in [9.17, 15) is 4.79 Å². The average Bonchev–Trinajstić information content (AvgIpc) is 3.24. The number of benzene rings is 1. The Morgan fingerprint density at radius 1 is 1.26 bits per heavy atom. The molecule has 3 rings (SSSR count). The molecule has 118 valence electrons. The summed E-state index contributed by atoms with van der Waals surface area (Å²) in [6.45, 7) is 0.442. The van der Waals surface area contributed by atoms with Gasteiger partial charge in [-0.05, 0) is 18.2 Å². The fourth-order valence-corrected chi connectivity index (χ4v) is 3.02. The number of carbonyl (C=O) groups is 1. The van der Waals surface area contributed by atoms with Crippen molar-refractivity contribution in [3.8, 4) is 10.9 Å². The van der Waals surface area contributed by atoms with Gasteiger partial charge in [0.25, 0.3) is 0 Å². The summed E-state index contributed by atoms with van der Waals surface area (Å²) in [5.41, 5.74) is 1.73. The number of hydrogen-bond acceptors (Lipinski definition) is 4. The van der Waals surface area contributed by atoms with Crippen molar-refractivity contribution >= 4 is 17.2 Å². The van der Waals surface area contributed by atoms with Crippen LogP contribution in [-0.4, -0.2) is 22.6 Å². The first kappa shape index (κ1) is 15.3. The zero-order valence-electron chi connectivity index (χ0n) is 12.7. The summed E-state index contributed by atoms with van der Waals surface area (Å²) in [5, 5.41) is 5.68. The molecule has 1 aromatic carbocycles. The van der Waals surface area contributed by atoms with Gasteiger partial charge in [0.15, 0.2) is 5.13 Å². The van der Waals surface area contributed by atoms with E-state index in [0.717, 1.165) is 22.1 Å². The summed E-state index contributed by atoms with van der Waals surface area (Å²) in [7, 11) is 1.62. The Kier molecular flexibility index (Phi) is 4.73. The van der Waals surface area contributed by atoms with Crippen LogP contribution in [0.25, 0.3) is 5.13 Å². The molecule has 0 saturated carbocycles. The monoisotopic (exact) mass is 327 g/mol. The largest absolute Gasteiger partial charge is 0.496 e. The molecule has 6 heteroatoms. The van der Waals surface area contributed by atoms with E-state index >= 15 is 0 Å². The van der Waals surface area contributed by atoms with Crippen molar-refractivity contribution in [2.24, 2.45) is 0 Å². The second kappa shape index (κ2) is 7.11. The van der Waals surface area contributed by atoms with Crippen molar-refractivity contribution in [3.63, 3.8) is 0 Å². The highest BCUT2D eigenvalue weighted by molar-refractivity contribution is 7.12. The highest BCUT2D eigenvalue weighted by Crippen LogP contribution is 2.17. The minimum Gasteiger partial charge on any atom is -0.496 e. The van der Waals surface area contributed by atoms with Crippen molar-refractivity contribution in [1.82, 2.24) is 14.9 Å². The normalized spacial score (nSPS) is 10.5. The van der Waals surface area contributed by atoms with Crippen molar-refractivity contribution in [2.45, 2.75) is 13.0 Å². The number of para-hydroxylation sites is 1. The van der Waals surface area contributed by atoms with Crippen LogP contribution in [0.2, 0.25) is 0 Å². The number of rotatable bonds is 6. The maximum atomic E-state index is 12.1. The van der Waals surface area contributed by atoms with Gasteiger partial charge in [-0.1, -0.05) is 18.2 Å². The molecule has 0 radical (unpaired) electrons. The van der Waals surface area contributed by atoms with E-state index in [0.29, 0.717) is 6.54 Å². The summed E-state index contributed by atoms with van der Waals surface area (Å²) < 4.78 is 7.21. The lowest BCUT2D eigenvalue weighted by atomic mass is 10.2. The number of methoxy groups -OCH3 is 1. The molecule has 0 saturated heterocycles. The lowest BCUT2D eigenvalue weighted by Crippen LogP contribution is -2.24. The summed E-state index contributed by atoms with van der Waals surface area (Å²) in [6.07, 6.45) is 4.14. The van der Waals surface area contributed by atoms with Crippen LogP contribution in [-0.2, 0) is 17.8 Å². The number of hydrogen-bond donors (Lipinski definition) is 1. The topological polar surface area (TPSA) is 56.1 Å². The van der Waals surface area contributed by atoms with Gasteiger partial charge >= 0.3 is 0 Å². The van der Waals surface area contributed by atoms with E-state index in [1.807, 2.05) is 58.7 Å². The van der Waals surface area contributed by atoms with Crippen LogP contribution in [0.3, 0.4) is 0 Å².